The minimum atomic E-state index is -0.469. The second kappa shape index (κ2) is 5.90. The number of imide groups is 1. The van der Waals surface area contributed by atoms with Crippen LogP contribution < -0.4 is 0 Å². The number of hydrogen-bond acceptors (Lipinski definition) is 4. The van der Waals surface area contributed by atoms with E-state index in [2.05, 4.69) is 18.7 Å². The van der Waals surface area contributed by atoms with Crippen molar-refractivity contribution in [2.75, 3.05) is 26.2 Å². The molecule has 0 aromatic rings. The number of carbonyl (C=O) groups is 2. The molecule has 3 saturated heterocycles. The van der Waals surface area contributed by atoms with Crippen LogP contribution in [0.25, 0.3) is 0 Å². The van der Waals surface area contributed by atoms with Crippen LogP contribution in [0.5, 0.6) is 0 Å². The first-order valence-corrected chi connectivity index (χ1v) is 10.5. The Balaban J connectivity index is 1.39. The van der Waals surface area contributed by atoms with Gasteiger partial charge in [-0.3, -0.25) is 14.5 Å². The minimum Gasteiger partial charge on any atom is -0.361 e. The third kappa shape index (κ3) is 2.16. The largest absolute Gasteiger partial charge is 0.361 e. The van der Waals surface area contributed by atoms with Crippen molar-refractivity contribution in [3.8, 4) is 0 Å². The highest BCUT2D eigenvalue weighted by atomic mass is 16.5. The second-order valence-corrected chi connectivity index (χ2v) is 9.17. The molecule has 5 heteroatoms. The van der Waals surface area contributed by atoms with Crippen LogP contribution >= 0.6 is 0 Å². The summed E-state index contributed by atoms with van der Waals surface area (Å²) in [6.45, 7) is 7.95. The summed E-state index contributed by atoms with van der Waals surface area (Å²) in [6, 6.07) is 0. The van der Waals surface area contributed by atoms with Gasteiger partial charge in [0.1, 0.15) is 5.60 Å². The molecule has 5 rings (SSSR count). The van der Waals surface area contributed by atoms with Crippen LogP contribution in [0.4, 0.5) is 0 Å². The SMILES string of the molecule is CC1=C2CCC(C)CC23OC1C1C(=O)N(CCN2CCCCC2)C(=O)C13. The maximum absolute atomic E-state index is 13.3. The highest BCUT2D eigenvalue weighted by Crippen LogP contribution is 2.62. The van der Waals surface area contributed by atoms with Gasteiger partial charge in [-0.15, -0.1) is 0 Å². The monoisotopic (exact) mass is 358 g/mol. The Kier molecular flexibility index (Phi) is 3.84. The van der Waals surface area contributed by atoms with Crippen LogP contribution in [0, 0.1) is 17.8 Å². The molecule has 0 aromatic carbocycles. The van der Waals surface area contributed by atoms with Crippen LogP contribution in [0.2, 0.25) is 0 Å². The predicted molar refractivity (Wildman–Crippen MR) is 97.3 cm³/mol. The third-order valence-corrected chi connectivity index (χ3v) is 7.65. The quantitative estimate of drug-likeness (QED) is 0.574. The van der Waals surface area contributed by atoms with Crippen molar-refractivity contribution >= 4 is 11.8 Å². The summed E-state index contributed by atoms with van der Waals surface area (Å²) in [5.41, 5.74) is 2.13. The molecule has 0 radical (unpaired) electrons. The van der Waals surface area contributed by atoms with Crippen molar-refractivity contribution in [1.82, 2.24) is 9.80 Å². The van der Waals surface area contributed by atoms with Crippen LogP contribution in [-0.2, 0) is 14.3 Å². The fourth-order valence-electron chi connectivity index (χ4n) is 6.40. The fourth-order valence-corrected chi connectivity index (χ4v) is 6.40. The highest BCUT2D eigenvalue weighted by molar-refractivity contribution is 6.07. The Labute approximate surface area is 155 Å². The average Bonchev–Trinajstić information content (AvgIpc) is 3.19. The summed E-state index contributed by atoms with van der Waals surface area (Å²) in [7, 11) is 0. The molecule has 0 N–H and O–H groups in total. The predicted octanol–water partition coefficient (Wildman–Crippen LogP) is 2.36. The van der Waals surface area contributed by atoms with Gasteiger partial charge in [-0.25, -0.2) is 0 Å². The molecule has 2 bridgehead atoms. The van der Waals surface area contributed by atoms with Crippen molar-refractivity contribution in [1.29, 1.82) is 0 Å². The summed E-state index contributed by atoms with van der Waals surface area (Å²) < 4.78 is 6.44. The lowest BCUT2D eigenvalue weighted by molar-refractivity contribution is -0.145. The van der Waals surface area contributed by atoms with Gasteiger partial charge < -0.3 is 9.64 Å². The van der Waals surface area contributed by atoms with Gasteiger partial charge >= 0.3 is 0 Å². The first-order valence-electron chi connectivity index (χ1n) is 10.5. The highest BCUT2D eigenvalue weighted by Gasteiger charge is 2.71. The number of rotatable bonds is 3. The molecule has 1 aliphatic carbocycles. The molecule has 5 atom stereocenters. The molecular formula is C21H30N2O3. The summed E-state index contributed by atoms with van der Waals surface area (Å²) in [6.07, 6.45) is 6.71. The van der Waals surface area contributed by atoms with Gasteiger partial charge in [0.25, 0.3) is 0 Å². The molecule has 5 aliphatic rings. The molecule has 5 nitrogen and oxygen atoms in total. The van der Waals surface area contributed by atoms with Gasteiger partial charge in [0, 0.05) is 13.1 Å². The van der Waals surface area contributed by atoms with E-state index >= 15 is 0 Å². The maximum Gasteiger partial charge on any atom is 0.236 e. The standard InChI is InChI=1S/C21H30N2O3/c1-13-6-7-15-14(2)18-16-17(21(15,12-13)26-18)20(25)23(19(16)24)11-10-22-8-4-3-5-9-22/h13,16-18H,3-12H2,1-2H3. The summed E-state index contributed by atoms with van der Waals surface area (Å²) in [5, 5.41) is 0. The topological polar surface area (TPSA) is 49.9 Å². The number of likely N-dealkylation sites (tertiary alicyclic amines) is 2. The van der Waals surface area contributed by atoms with Gasteiger partial charge in [0.05, 0.1) is 17.9 Å². The minimum absolute atomic E-state index is 0.0236. The molecular weight excluding hydrogens is 328 g/mol. The number of hydrogen-bond donors (Lipinski definition) is 0. The molecule has 1 spiro atoms. The van der Waals surface area contributed by atoms with Gasteiger partial charge in [-0.2, -0.15) is 0 Å². The van der Waals surface area contributed by atoms with Gasteiger partial charge in [0.2, 0.25) is 11.8 Å². The van der Waals surface area contributed by atoms with Crippen LogP contribution in [0.1, 0.15) is 52.4 Å². The number of ether oxygens (including phenoxy) is 1. The third-order valence-electron chi connectivity index (χ3n) is 7.65. The van der Waals surface area contributed by atoms with E-state index < -0.39 is 5.60 Å². The summed E-state index contributed by atoms with van der Waals surface area (Å²) >= 11 is 0. The van der Waals surface area contributed by atoms with E-state index in [0.717, 1.165) is 32.5 Å². The zero-order chi connectivity index (χ0) is 18.1. The zero-order valence-corrected chi connectivity index (χ0v) is 16.0. The molecule has 26 heavy (non-hydrogen) atoms. The lowest BCUT2D eigenvalue weighted by Crippen LogP contribution is -2.47. The van der Waals surface area contributed by atoms with E-state index in [9.17, 15) is 9.59 Å². The normalized spacial score (nSPS) is 42.6. The second-order valence-electron chi connectivity index (χ2n) is 9.17. The number of fused-ring (bicyclic) bond motifs is 3. The van der Waals surface area contributed by atoms with Gasteiger partial charge in [0.15, 0.2) is 0 Å². The molecule has 2 amide bonds. The van der Waals surface area contributed by atoms with E-state index in [4.69, 9.17) is 4.74 Å². The van der Waals surface area contributed by atoms with Crippen molar-refractivity contribution in [3.63, 3.8) is 0 Å². The lowest BCUT2D eigenvalue weighted by Gasteiger charge is -2.40. The summed E-state index contributed by atoms with van der Waals surface area (Å²) in [4.78, 5) is 30.4. The van der Waals surface area contributed by atoms with Crippen LogP contribution in [0.3, 0.4) is 0 Å². The molecule has 0 aromatic heterocycles. The maximum atomic E-state index is 13.3. The fraction of sp³-hybridized carbons (Fsp3) is 0.810. The van der Waals surface area contributed by atoms with E-state index in [1.54, 1.807) is 4.90 Å². The van der Waals surface area contributed by atoms with E-state index in [0.29, 0.717) is 12.5 Å². The number of piperidine rings is 1. The molecule has 5 unspecified atom stereocenters. The zero-order valence-electron chi connectivity index (χ0n) is 16.0. The Hall–Kier alpha value is -1.20. The first-order chi connectivity index (χ1) is 12.5. The lowest BCUT2D eigenvalue weighted by atomic mass is 9.62. The molecule has 1 saturated carbocycles. The van der Waals surface area contributed by atoms with Crippen molar-refractivity contribution < 1.29 is 14.3 Å². The van der Waals surface area contributed by atoms with Gasteiger partial charge in [-0.1, -0.05) is 13.3 Å². The average molecular weight is 358 g/mol. The summed E-state index contributed by atoms with van der Waals surface area (Å²) in [5.74, 6) is 0.0872. The molecule has 4 heterocycles. The van der Waals surface area contributed by atoms with Crippen LogP contribution in [0.15, 0.2) is 11.1 Å². The van der Waals surface area contributed by atoms with E-state index in [-0.39, 0.29) is 29.8 Å². The Morgan fingerprint density at radius 1 is 1.12 bits per heavy atom. The Morgan fingerprint density at radius 3 is 2.65 bits per heavy atom. The Bertz CT molecular complexity index is 681. The van der Waals surface area contributed by atoms with E-state index in [1.807, 2.05) is 0 Å². The van der Waals surface area contributed by atoms with E-state index in [1.165, 1.54) is 36.8 Å². The molecule has 142 valence electrons. The van der Waals surface area contributed by atoms with Crippen molar-refractivity contribution in [3.05, 3.63) is 11.1 Å². The smallest absolute Gasteiger partial charge is 0.236 e. The number of carbonyl (C=O) groups excluding carboxylic acids is 2. The first kappa shape index (κ1) is 16.9. The van der Waals surface area contributed by atoms with Crippen molar-refractivity contribution in [2.24, 2.45) is 17.8 Å². The van der Waals surface area contributed by atoms with Crippen molar-refractivity contribution in [2.45, 2.75) is 64.1 Å². The van der Waals surface area contributed by atoms with Gasteiger partial charge in [-0.05, 0) is 69.2 Å². The van der Waals surface area contributed by atoms with Crippen LogP contribution in [-0.4, -0.2) is 59.5 Å². The number of nitrogens with zero attached hydrogens (tertiary/aromatic N) is 2. The number of amides is 2. The molecule has 4 fully saturated rings. The molecule has 4 aliphatic heterocycles. The Morgan fingerprint density at radius 2 is 1.88 bits per heavy atom.